The van der Waals surface area contributed by atoms with E-state index in [-0.39, 0.29) is 6.04 Å². The molecule has 1 N–H and O–H groups in total. The summed E-state index contributed by atoms with van der Waals surface area (Å²) >= 11 is 0. The van der Waals surface area contributed by atoms with Crippen molar-refractivity contribution in [3.63, 3.8) is 0 Å². The highest BCUT2D eigenvalue weighted by Crippen LogP contribution is 2.31. The molecule has 1 aromatic carbocycles. The molecule has 1 atom stereocenters. The van der Waals surface area contributed by atoms with Crippen LogP contribution in [0.25, 0.3) is 0 Å². The van der Waals surface area contributed by atoms with Crippen LogP contribution in [-0.4, -0.2) is 11.6 Å². The second-order valence-electron chi connectivity index (χ2n) is 4.59. The van der Waals surface area contributed by atoms with Gasteiger partial charge in [-0.15, -0.1) is 0 Å². The van der Waals surface area contributed by atoms with Crippen LogP contribution in [0.2, 0.25) is 0 Å². The van der Waals surface area contributed by atoms with Gasteiger partial charge in [0, 0.05) is 24.0 Å². The monoisotopic (exact) mass is 240 g/mol. The van der Waals surface area contributed by atoms with Crippen LogP contribution in [0, 0.1) is 6.92 Å². The Morgan fingerprint density at radius 3 is 3.00 bits per heavy atom. The van der Waals surface area contributed by atoms with Gasteiger partial charge in [-0.3, -0.25) is 4.98 Å². The molecule has 0 amide bonds. The van der Waals surface area contributed by atoms with Crippen LogP contribution in [0.3, 0.4) is 0 Å². The van der Waals surface area contributed by atoms with Crippen molar-refractivity contribution in [3.05, 3.63) is 59.4 Å². The van der Waals surface area contributed by atoms with Crippen molar-refractivity contribution in [2.24, 2.45) is 0 Å². The molecule has 0 radical (unpaired) electrons. The maximum absolute atomic E-state index is 5.64. The highest BCUT2D eigenvalue weighted by Gasteiger charge is 2.22. The van der Waals surface area contributed by atoms with Crippen LogP contribution in [0.4, 0.5) is 0 Å². The number of hydrogen-bond donors (Lipinski definition) is 1. The quantitative estimate of drug-likeness (QED) is 0.895. The highest BCUT2D eigenvalue weighted by molar-refractivity contribution is 5.39. The molecule has 3 rings (SSSR count). The molecule has 0 bridgehead atoms. The van der Waals surface area contributed by atoms with Crippen LogP contribution in [0.5, 0.6) is 5.75 Å². The first-order chi connectivity index (χ1) is 8.83. The number of ether oxygens (including phenoxy) is 1. The second-order valence-corrected chi connectivity index (χ2v) is 4.59. The van der Waals surface area contributed by atoms with Crippen molar-refractivity contribution < 1.29 is 4.74 Å². The SMILES string of the molecule is Cc1ccc(CNC2COc3ccccc32)cn1. The van der Waals surface area contributed by atoms with E-state index < -0.39 is 0 Å². The summed E-state index contributed by atoms with van der Waals surface area (Å²) in [6, 6.07) is 12.6. The first-order valence-electron chi connectivity index (χ1n) is 6.19. The Morgan fingerprint density at radius 1 is 1.28 bits per heavy atom. The molecule has 1 aliphatic heterocycles. The van der Waals surface area contributed by atoms with Gasteiger partial charge in [-0.05, 0) is 24.6 Å². The number of hydrogen-bond acceptors (Lipinski definition) is 3. The Labute approximate surface area is 107 Å². The van der Waals surface area contributed by atoms with Crippen LogP contribution in [0.1, 0.15) is 22.9 Å². The predicted octanol–water partition coefficient (Wildman–Crippen LogP) is 2.61. The summed E-state index contributed by atoms with van der Waals surface area (Å²) in [7, 11) is 0. The zero-order chi connectivity index (χ0) is 12.4. The van der Waals surface area contributed by atoms with Crippen molar-refractivity contribution >= 4 is 0 Å². The average molecular weight is 240 g/mol. The summed E-state index contributed by atoms with van der Waals surface area (Å²) < 4.78 is 5.64. The molecule has 0 aliphatic carbocycles. The molecule has 3 heteroatoms. The Morgan fingerprint density at radius 2 is 2.17 bits per heavy atom. The molecule has 0 spiro atoms. The maximum Gasteiger partial charge on any atom is 0.124 e. The summed E-state index contributed by atoms with van der Waals surface area (Å²) in [6.07, 6.45) is 1.92. The molecule has 1 aliphatic rings. The standard InChI is InChI=1S/C15H16N2O/c1-11-6-7-12(8-16-11)9-17-14-10-18-15-5-3-2-4-13(14)15/h2-8,14,17H,9-10H2,1H3. The highest BCUT2D eigenvalue weighted by atomic mass is 16.5. The number of fused-ring (bicyclic) bond motifs is 1. The van der Waals surface area contributed by atoms with Crippen LogP contribution in [-0.2, 0) is 6.54 Å². The van der Waals surface area contributed by atoms with Gasteiger partial charge in [0.1, 0.15) is 12.4 Å². The van der Waals surface area contributed by atoms with Gasteiger partial charge in [0.15, 0.2) is 0 Å². The smallest absolute Gasteiger partial charge is 0.124 e. The van der Waals surface area contributed by atoms with E-state index >= 15 is 0 Å². The van der Waals surface area contributed by atoms with Gasteiger partial charge in [0.05, 0.1) is 6.04 Å². The molecule has 0 fully saturated rings. The van der Waals surface area contributed by atoms with Crippen molar-refractivity contribution in [2.45, 2.75) is 19.5 Å². The first kappa shape index (κ1) is 11.2. The van der Waals surface area contributed by atoms with Crippen molar-refractivity contribution in [3.8, 4) is 5.75 Å². The zero-order valence-corrected chi connectivity index (χ0v) is 10.4. The summed E-state index contributed by atoms with van der Waals surface area (Å²) in [5.74, 6) is 0.997. The fourth-order valence-electron chi connectivity index (χ4n) is 2.18. The topological polar surface area (TPSA) is 34.1 Å². The van der Waals surface area contributed by atoms with Gasteiger partial charge in [0.2, 0.25) is 0 Å². The molecule has 18 heavy (non-hydrogen) atoms. The van der Waals surface area contributed by atoms with E-state index in [1.807, 2.05) is 31.3 Å². The number of pyridine rings is 1. The molecule has 3 nitrogen and oxygen atoms in total. The summed E-state index contributed by atoms with van der Waals surface area (Å²) in [5, 5.41) is 3.51. The van der Waals surface area contributed by atoms with Gasteiger partial charge >= 0.3 is 0 Å². The third kappa shape index (κ3) is 2.22. The number of para-hydroxylation sites is 1. The van der Waals surface area contributed by atoms with Gasteiger partial charge in [-0.25, -0.2) is 0 Å². The van der Waals surface area contributed by atoms with E-state index in [2.05, 4.69) is 28.5 Å². The predicted molar refractivity (Wildman–Crippen MR) is 70.5 cm³/mol. The van der Waals surface area contributed by atoms with Gasteiger partial charge in [-0.2, -0.15) is 0 Å². The lowest BCUT2D eigenvalue weighted by Crippen LogP contribution is -2.22. The summed E-state index contributed by atoms with van der Waals surface area (Å²) in [6.45, 7) is 3.52. The van der Waals surface area contributed by atoms with E-state index in [0.29, 0.717) is 6.61 Å². The molecule has 0 saturated carbocycles. The van der Waals surface area contributed by atoms with Crippen molar-refractivity contribution in [2.75, 3.05) is 6.61 Å². The van der Waals surface area contributed by atoms with Crippen LogP contribution >= 0.6 is 0 Å². The fraction of sp³-hybridized carbons (Fsp3) is 0.267. The van der Waals surface area contributed by atoms with E-state index in [9.17, 15) is 0 Å². The molecule has 2 aromatic rings. The van der Waals surface area contributed by atoms with E-state index in [4.69, 9.17) is 4.74 Å². The third-order valence-corrected chi connectivity index (χ3v) is 3.23. The lowest BCUT2D eigenvalue weighted by atomic mass is 10.1. The Kier molecular flexibility index (Phi) is 2.99. The van der Waals surface area contributed by atoms with Gasteiger partial charge < -0.3 is 10.1 Å². The Balaban J connectivity index is 1.67. The fourth-order valence-corrected chi connectivity index (χ4v) is 2.18. The number of aryl methyl sites for hydroxylation is 1. The van der Waals surface area contributed by atoms with E-state index in [0.717, 1.165) is 18.0 Å². The largest absolute Gasteiger partial charge is 0.491 e. The van der Waals surface area contributed by atoms with Crippen LogP contribution in [0.15, 0.2) is 42.6 Å². The normalized spacial score (nSPS) is 17.3. The molecule has 1 unspecified atom stereocenters. The minimum absolute atomic E-state index is 0.280. The summed E-state index contributed by atoms with van der Waals surface area (Å²) in [4.78, 5) is 4.30. The molecule has 2 heterocycles. The minimum Gasteiger partial charge on any atom is -0.491 e. The average Bonchev–Trinajstić information content (AvgIpc) is 2.82. The van der Waals surface area contributed by atoms with E-state index in [1.54, 1.807) is 0 Å². The number of rotatable bonds is 3. The first-order valence-corrected chi connectivity index (χ1v) is 6.19. The van der Waals surface area contributed by atoms with Gasteiger partial charge in [-0.1, -0.05) is 24.3 Å². The Bertz CT molecular complexity index is 536. The number of aromatic nitrogens is 1. The third-order valence-electron chi connectivity index (χ3n) is 3.23. The molecular weight excluding hydrogens is 224 g/mol. The van der Waals surface area contributed by atoms with E-state index in [1.165, 1.54) is 11.1 Å². The van der Waals surface area contributed by atoms with Crippen molar-refractivity contribution in [1.82, 2.24) is 10.3 Å². The maximum atomic E-state index is 5.64. The van der Waals surface area contributed by atoms with Gasteiger partial charge in [0.25, 0.3) is 0 Å². The molecule has 92 valence electrons. The zero-order valence-electron chi connectivity index (χ0n) is 10.4. The minimum atomic E-state index is 0.280. The number of benzene rings is 1. The Hall–Kier alpha value is -1.87. The number of nitrogens with one attached hydrogen (secondary N) is 1. The van der Waals surface area contributed by atoms with Crippen LogP contribution < -0.4 is 10.1 Å². The number of nitrogens with zero attached hydrogens (tertiary/aromatic N) is 1. The lowest BCUT2D eigenvalue weighted by molar-refractivity contribution is 0.310. The lowest BCUT2D eigenvalue weighted by Gasteiger charge is -2.11. The molecular formula is C15H16N2O. The molecule has 0 saturated heterocycles. The van der Waals surface area contributed by atoms with Crippen molar-refractivity contribution in [1.29, 1.82) is 0 Å². The second kappa shape index (κ2) is 4.78. The molecule has 1 aromatic heterocycles. The summed E-state index contributed by atoms with van der Waals surface area (Å²) in [5.41, 5.74) is 3.50.